The zero-order valence-corrected chi connectivity index (χ0v) is 9.43. The molecule has 3 heteroatoms. The van der Waals surface area contributed by atoms with E-state index in [-0.39, 0.29) is 0 Å². The summed E-state index contributed by atoms with van der Waals surface area (Å²) < 4.78 is 6.58. The Labute approximate surface area is 77.4 Å². The van der Waals surface area contributed by atoms with Crippen molar-refractivity contribution in [2.75, 3.05) is 10.7 Å². The van der Waals surface area contributed by atoms with Gasteiger partial charge in [-0.3, -0.25) is 0 Å². The van der Waals surface area contributed by atoms with E-state index in [1.54, 1.807) is 0 Å². The van der Waals surface area contributed by atoms with Gasteiger partial charge in [-0.25, -0.2) is 0 Å². The Kier molecular flexibility index (Phi) is 5.29. The molecule has 0 aliphatic heterocycles. The second-order valence-electron chi connectivity index (χ2n) is 1.93. The molecule has 0 aromatic carbocycles. The van der Waals surface area contributed by atoms with E-state index in [9.17, 15) is 0 Å². The molecule has 0 aliphatic carbocycles. The highest BCUT2D eigenvalue weighted by atomic mass is 127. The van der Waals surface area contributed by atoms with Gasteiger partial charge in [0.1, 0.15) is 0 Å². The zero-order chi connectivity index (χ0) is 8.04. The summed E-state index contributed by atoms with van der Waals surface area (Å²) in [4.78, 5) is 0. The summed E-state index contributed by atoms with van der Waals surface area (Å²) in [5.41, 5.74) is 3.85. The first-order valence-corrected chi connectivity index (χ1v) is 7.01. The molecule has 0 N–H and O–H groups in total. The van der Waals surface area contributed by atoms with Gasteiger partial charge in [-0.2, -0.15) is 0 Å². The highest BCUT2D eigenvalue weighted by molar-refractivity contribution is 14.1. The molecule has 10 heavy (non-hydrogen) atoms. The SMILES string of the molecule is C=C[Si](C=C)(CI)OCC. The van der Waals surface area contributed by atoms with Crippen LogP contribution in [-0.4, -0.2) is 19.0 Å². The van der Waals surface area contributed by atoms with Gasteiger partial charge >= 0.3 is 0 Å². The van der Waals surface area contributed by atoms with E-state index in [1.807, 2.05) is 18.3 Å². The van der Waals surface area contributed by atoms with Gasteiger partial charge in [-0.05, 0) is 6.92 Å². The molecule has 0 amide bonds. The Hall–Kier alpha value is 0.387. The van der Waals surface area contributed by atoms with Crippen LogP contribution in [0.15, 0.2) is 24.6 Å². The lowest BCUT2D eigenvalue weighted by Crippen LogP contribution is -2.36. The highest BCUT2D eigenvalue weighted by Crippen LogP contribution is 2.11. The van der Waals surface area contributed by atoms with Gasteiger partial charge in [0.25, 0.3) is 0 Å². The van der Waals surface area contributed by atoms with Crippen LogP contribution >= 0.6 is 22.6 Å². The van der Waals surface area contributed by atoms with Crippen molar-refractivity contribution in [3.63, 3.8) is 0 Å². The third kappa shape index (κ3) is 2.55. The molecule has 0 rings (SSSR count). The number of hydrogen-bond donors (Lipinski definition) is 0. The molecule has 0 aromatic heterocycles. The van der Waals surface area contributed by atoms with Crippen LogP contribution in [0.25, 0.3) is 0 Å². The Bertz CT molecular complexity index is 117. The molecule has 1 nitrogen and oxygen atoms in total. The summed E-state index contributed by atoms with van der Waals surface area (Å²) in [6.45, 7) is 10.3. The molecule has 0 heterocycles. The first kappa shape index (κ1) is 10.4. The van der Waals surface area contributed by atoms with Crippen LogP contribution in [0.2, 0.25) is 0 Å². The van der Waals surface area contributed by atoms with E-state index in [4.69, 9.17) is 4.43 Å². The van der Waals surface area contributed by atoms with Crippen LogP contribution in [0.5, 0.6) is 0 Å². The van der Waals surface area contributed by atoms with Gasteiger partial charge < -0.3 is 4.43 Å². The van der Waals surface area contributed by atoms with Crippen molar-refractivity contribution >= 4 is 30.9 Å². The molecule has 0 unspecified atom stereocenters. The van der Waals surface area contributed by atoms with Crippen molar-refractivity contribution in [2.45, 2.75) is 6.92 Å². The molecular formula is C7H13IOSi. The molecule has 0 bridgehead atoms. The molecule has 0 radical (unpaired) electrons. The van der Waals surface area contributed by atoms with Crippen LogP contribution in [0.4, 0.5) is 0 Å². The molecule has 0 spiro atoms. The minimum atomic E-state index is -1.70. The maximum absolute atomic E-state index is 5.57. The molecule has 0 saturated heterocycles. The zero-order valence-electron chi connectivity index (χ0n) is 6.27. The summed E-state index contributed by atoms with van der Waals surface area (Å²) >= 11 is 2.32. The van der Waals surface area contributed by atoms with E-state index in [1.165, 1.54) is 0 Å². The molecule has 0 aliphatic rings. The Morgan fingerprint density at radius 1 is 1.50 bits per heavy atom. The lowest BCUT2D eigenvalue weighted by atomic mass is 10.9. The average Bonchev–Trinajstić information content (AvgIpc) is 2.01. The minimum Gasteiger partial charge on any atom is -0.409 e. The lowest BCUT2D eigenvalue weighted by molar-refractivity contribution is 0.341. The van der Waals surface area contributed by atoms with Gasteiger partial charge in [-0.15, -0.1) is 13.2 Å². The van der Waals surface area contributed by atoms with Gasteiger partial charge in [0.15, 0.2) is 0 Å². The van der Waals surface area contributed by atoms with Crippen LogP contribution in [0.1, 0.15) is 6.92 Å². The monoisotopic (exact) mass is 268 g/mol. The summed E-state index contributed by atoms with van der Waals surface area (Å²) in [5, 5.41) is 0. The van der Waals surface area contributed by atoms with Crippen molar-refractivity contribution in [2.24, 2.45) is 0 Å². The third-order valence-corrected chi connectivity index (χ3v) is 7.52. The molecule has 0 saturated carbocycles. The van der Waals surface area contributed by atoms with E-state index in [0.717, 1.165) is 10.7 Å². The fourth-order valence-corrected chi connectivity index (χ4v) is 4.38. The Morgan fingerprint density at radius 3 is 2.10 bits per heavy atom. The van der Waals surface area contributed by atoms with Crippen molar-refractivity contribution < 1.29 is 4.43 Å². The molecular weight excluding hydrogens is 255 g/mol. The van der Waals surface area contributed by atoms with Gasteiger partial charge in [0.05, 0.1) is 0 Å². The summed E-state index contributed by atoms with van der Waals surface area (Å²) in [7, 11) is -1.70. The van der Waals surface area contributed by atoms with Crippen LogP contribution < -0.4 is 0 Å². The van der Waals surface area contributed by atoms with E-state index >= 15 is 0 Å². The predicted octanol–water partition coefficient (Wildman–Crippen LogP) is 2.39. The molecule has 0 atom stereocenters. The normalized spacial score (nSPS) is 11.0. The third-order valence-electron chi connectivity index (χ3n) is 1.31. The van der Waals surface area contributed by atoms with Gasteiger partial charge in [0, 0.05) is 10.7 Å². The summed E-state index contributed by atoms with van der Waals surface area (Å²) in [6.07, 6.45) is 0. The number of hydrogen-bond acceptors (Lipinski definition) is 1. The molecule has 0 aromatic rings. The predicted molar refractivity (Wildman–Crippen MR) is 56.7 cm³/mol. The first-order chi connectivity index (χ1) is 4.74. The van der Waals surface area contributed by atoms with Crippen molar-refractivity contribution in [3.8, 4) is 0 Å². The summed E-state index contributed by atoms with van der Waals surface area (Å²) in [6, 6.07) is 0. The van der Waals surface area contributed by atoms with Crippen molar-refractivity contribution in [1.29, 1.82) is 0 Å². The minimum absolute atomic E-state index is 0.757. The second-order valence-corrected chi connectivity index (χ2v) is 7.50. The Morgan fingerprint density at radius 2 is 2.00 bits per heavy atom. The Balaban J connectivity index is 4.14. The maximum Gasteiger partial charge on any atom is 0.249 e. The number of rotatable bonds is 5. The summed E-state index contributed by atoms with van der Waals surface area (Å²) in [5.74, 6) is 0. The smallest absolute Gasteiger partial charge is 0.249 e. The lowest BCUT2D eigenvalue weighted by Gasteiger charge is -2.20. The van der Waals surface area contributed by atoms with Gasteiger partial charge in [-0.1, -0.05) is 34.0 Å². The average molecular weight is 268 g/mol. The van der Waals surface area contributed by atoms with Crippen LogP contribution in [0.3, 0.4) is 0 Å². The highest BCUT2D eigenvalue weighted by Gasteiger charge is 2.25. The van der Waals surface area contributed by atoms with E-state index in [2.05, 4.69) is 35.7 Å². The van der Waals surface area contributed by atoms with Gasteiger partial charge in [0.2, 0.25) is 8.32 Å². The topological polar surface area (TPSA) is 9.23 Å². The van der Waals surface area contributed by atoms with E-state index < -0.39 is 8.32 Å². The van der Waals surface area contributed by atoms with Crippen molar-refractivity contribution in [3.05, 3.63) is 24.6 Å². The van der Waals surface area contributed by atoms with Crippen molar-refractivity contribution in [1.82, 2.24) is 0 Å². The van der Waals surface area contributed by atoms with Crippen LogP contribution in [-0.2, 0) is 4.43 Å². The largest absolute Gasteiger partial charge is 0.409 e. The van der Waals surface area contributed by atoms with E-state index in [0.29, 0.717) is 0 Å². The quantitative estimate of drug-likeness (QED) is 0.422. The van der Waals surface area contributed by atoms with Crippen LogP contribution in [0, 0.1) is 0 Å². The molecule has 0 fully saturated rings. The molecule has 58 valence electrons. The number of halogens is 1. The first-order valence-electron chi connectivity index (χ1n) is 3.21. The fraction of sp³-hybridized carbons (Fsp3) is 0.429. The fourth-order valence-electron chi connectivity index (χ4n) is 0.618. The second kappa shape index (κ2) is 5.09. The standard InChI is InChI=1S/C7H13IOSi/c1-4-9-10(5-2,6-3)7-8/h5-6H,2-4,7H2,1H3. The maximum atomic E-state index is 5.57. The number of alkyl halides is 1.